The molecule has 2 aromatic rings. The van der Waals surface area contributed by atoms with Gasteiger partial charge in [0.1, 0.15) is 5.69 Å². The van der Waals surface area contributed by atoms with Crippen LogP contribution in [0, 0.1) is 0 Å². The number of carbonyl (C=O) groups is 1. The smallest absolute Gasteiger partial charge is 0.354 e. The van der Waals surface area contributed by atoms with Gasteiger partial charge in [0.25, 0.3) is 0 Å². The zero-order valence-corrected chi connectivity index (χ0v) is 8.72. The molecule has 0 unspecified atom stereocenters. The van der Waals surface area contributed by atoms with Crippen molar-refractivity contribution in [3.05, 3.63) is 27.8 Å². The van der Waals surface area contributed by atoms with Gasteiger partial charge in [-0.25, -0.2) is 9.78 Å². The van der Waals surface area contributed by atoms with E-state index < -0.39 is 5.97 Å². The summed E-state index contributed by atoms with van der Waals surface area (Å²) in [5, 5.41) is 9.64. The lowest BCUT2D eigenvalue weighted by Crippen LogP contribution is -1.98. The molecule has 2 heterocycles. The fourth-order valence-electron chi connectivity index (χ4n) is 1.02. The lowest BCUT2D eigenvalue weighted by Gasteiger charge is -1.91. The minimum absolute atomic E-state index is 0.0850. The normalized spacial score (nSPS) is 10.5. The highest BCUT2D eigenvalue weighted by Crippen LogP contribution is 2.29. The molecule has 0 radical (unpaired) electrons. The molecule has 0 bridgehead atoms. The number of aromatic nitrogens is 1. The van der Waals surface area contributed by atoms with Gasteiger partial charge >= 0.3 is 5.97 Å². The minimum Gasteiger partial charge on any atom is -0.477 e. The summed E-state index contributed by atoms with van der Waals surface area (Å²) in [7, 11) is 0. The quantitative estimate of drug-likeness (QED) is 0.855. The largest absolute Gasteiger partial charge is 0.477 e. The molecule has 1 N–H and O–H groups in total. The topological polar surface area (TPSA) is 50.2 Å². The van der Waals surface area contributed by atoms with Gasteiger partial charge in [-0.3, -0.25) is 0 Å². The first-order chi connectivity index (χ1) is 6.16. The fraction of sp³-hybridized carbons (Fsp3) is 0. The van der Waals surface area contributed by atoms with Crippen molar-refractivity contribution in [3.63, 3.8) is 0 Å². The van der Waals surface area contributed by atoms with Crippen LogP contribution in [0.3, 0.4) is 0 Å². The number of pyridine rings is 1. The Hall–Kier alpha value is -0.940. The van der Waals surface area contributed by atoms with E-state index in [1.165, 1.54) is 11.3 Å². The first kappa shape index (κ1) is 8.65. The van der Waals surface area contributed by atoms with Crippen molar-refractivity contribution in [2.75, 3.05) is 0 Å². The second-order valence-corrected chi connectivity index (χ2v) is 4.93. The molecule has 0 spiro atoms. The van der Waals surface area contributed by atoms with Crippen molar-refractivity contribution in [1.82, 2.24) is 4.98 Å². The van der Waals surface area contributed by atoms with E-state index >= 15 is 0 Å². The van der Waals surface area contributed by atoms with Gasteiger partial charge in [0.2, 0.25) is 0 Å². The van der Waals surface area contributed by atoms with Crippen LogP contribution in [0.25, 0.3) is 10.1 Å². The summed E-state index contributed by atoms with van der Waals surface area (Å²) in [6.45, 7) is 0. The number of nitrogens with zero attached hydrogens (tertiary/aromatic N) is 1. The van der Waals surface area contributed by atoms with Crippen LogP contribution < -0.4 is 0 Å². The molecule has 0 amide bonds. The Balaban J connectivity index is 2.67. The maximum Gasteiger partial charge on any atom is 0.354 e. The molecule has 13 heavy (non-hydrogen) atoms. The molecule has 0 aliphatic rings. The van der Waals surface area contributed by atoms with Crippen LogP contribution in [-0.2, 0) is 0 Å². The van der Waals surface area contributed by atoms with Crippen molar-refractivity contribution < 1.29 is 9.90 Å². The summed E-state index contributed by atoms with van der Waals surface area (Å²) in [5.74, 6) is -0.994. The minimum atomic E-state index is -0.994. The predicted octanol–water partition coefficient (Wildman–Crippen LogP) is 2.76. The molecule has 0 saturated heterocycles. The maximum absolute atomic E-state index is 10.6. The lowest BCUT2D eigenvalue weighted by atomic mass is 10.3. The molecule has 0 saturated carbocycles. The average molecular weight is 258 g/mol. The number of rotatable bonds is 1. The maximum atomic E-state index is 10.6. The summed E-state index contributed by atoms with van der Waals surface area (Å²) < 4.78 is 1.91. The second-order valence-electron chi connectivity index (χ2n) is 2.46. The van der Waals surface area contributed by atoms with Gasteiger partial charge in [0, 0.05) is 16.3 Å². The Labute approximate surface area is 86.2 Å². The summed E-state index contributed by atoms with van der Waals surface area (Å²) >= 11 is 4.83. The molecule has 0 aromatic carbocycles. The highest BCUT2D eigenvalue weighted by molar-refractivity contribution is 9.11. The molecule has 0 fully saturated rings. The van der Waals surface area contributed by atoms with E-state index in [4.69, 9.17) is 5.11 Å². The second kappa shape index (κ2) is 3.08. The van der Waals surface area contributed by atoms with Crippen LogP contribution in [-0.4, -0.2) is 16.1 Å². The summed E-state index contributed by atoms with van der Waals surface area (Å²) in [5.41, 5.74) is 0.0850. The molecule has 0 atom stereocenters. The number of hydrogen-bond donors (Lipinski definition) is 1. The Morgan fingerprint density at radius 3 is 3.00 bits per heavy atom. The number of fused-ring (bicyclic) bond motifs is 1. The van der Waals surface area contributed by atoms with Crippen molar-refractivity contribution in [1.29, 1.82) is 0 Å². The van der Waals surface area contributed by atoms with Crippen LogP contribution in [0.15, 0.2) is 22.1 Å². The molecule has 0 aliphatic heterocycles. The summed E-state index contributed by atoms with van der Waals surface area (Å²) in [6, 6.07) is 3.49. The van der Waals surface area contributed by atoms with Gasteiger partial charge < -0.3 is 5.11 Å². The summed E-state index contributed by atoms with van der Waals surface area (Å²) in [4.78, 5) is 14.4. The molecule has 5 heteroatoms. The van der Waals surface area contributed by atoms with E-state index in [2.05, 4.69) is 20.9 Å². The molecule has 66 valence electrons. The number of carboxylic acid groups (broad SMARTS) is 1. The highest BCUT2D eigenvalue weighted by Gasteiger charge is 2.06. The zero-order chi connectivity index (χ0) is 9.42. The van der Waals surface area contributed by atoms with E-state index in [-0.39, 0.29) is 5.69 Å². The van der Waals surface area contributed by atoms with Crippen molar-refractivity contribution in [3.8, 4) is 0 Å². The van der Waals surface area contributed by atoms with E-state index in [9.17, 15) is 4.79 Å². The van der Waals surface area contributed by atoms with Gasteiger partial charge in [-0.05, 0) is 28.1 Å². The third-order valence-electron chi connectivity index (χ3n) is 1.59. The molecule has 2 aromatic heterocycles. The Bertz CT molecular complexity index is 480. The van der Waals surface area contributed by atoms with Gasteiger partial charge in [-0.2, -0.15) is 0 Å². The van der Waals surface area contributed by atoms with E-state index in [1.807, 2.05) is 6.07 Å². The molecular formula is C8H4BrNO2S. The van der Waals surface area contributed by atoms with Crippen LogP contribution in [0.4, 0.5) is 0 Å². The zero-order valence-electron chi connectivity index (χ0n) is 6.32. The van der Waals surface area contributed by atoms with E-state index in [0.29, 0.717) is 0 Å². The first-order valence-electron chi connectivity index (χ1n) is 3.45. The third-order valence-corrected chi connectivity index (χ3v) is 3.19. The average Bonchev–Trinajstić information content (AvgIpc) is 2.42. The highest BCUT2D eigenvalue weighted by atomic mass is 79.9. The fourth-order valence-corrected chi connectivity index (χ4v) is 2.58. The molecular weight excluding hydrogens is 254 g/mol. The number of carboxylic acids is 1. The molecule has 3 nitrogen and oxygen atoms in total. The molecule has 0 aliphatic carbocycles. The van der Waals surface area contributed by atoms with E-state index in [0.717, 1.165) is 13.9 Å². The predicted molar refractivity (Wildman–Crippen MR) is 54.3 cm³/mol. The van der Waals surface area contributed by atoms with Gasteiger partial charge in [0.05, 0.1) is 3.79 Å². The summed E-state index contributed by atoms with van der Waals surface area (Å²) in [6.07, 6.45) is 1.57. The van der Waals surface area contributed by atoms with Gasteiger partial charge in [0.15, 0.2) is 0 Å². The standard InChI is InChI=1S/C8H4BrNO2S/c9-7-1-4-3-10-5(8(11)12)2-6(4)13-7/h1-3H,(H,11,12). The first-order valence-corrected chi connectivity index (χ1v) is 5.06. The lowest BCUT2D eigenvalue weighted by molar-refractivity contribution is 0.0691. The number of halogens is 1. The SMILES string of the molecule is O=C(O)c1cc2sc(Br)cc2cn1. The van der Waals surface area contributed by atoms with Gasteiger partial charge in [-0.15, -0.1) is 11.3 Å². The van der Waals surface area contributed by atoms with Crippen LogP contribution in [0.5, 0.6) is 0 Å². The van der Waals surface area contributed by atoms with Crippen molar-refractivity contribution in [2.24, 2.45) is 0 Å². The van der Waals surface area contributed by atoms with Crippen molar-refractivity contribution >= 4 is 43.3 Å². The Morgan fingerprint density at radius 2 is 2.31 bits per heavy atom. The van der Waals surface area contributed by atoms with Crippen molar-refractivity contribution in [2.45, 2.75) is 0 Å². The Kier molecular flexibility index (Phi) is 2.05. The monoisotopic (exact) mass is 257 g/mol. The Morgan fingerprint density at radius 1 is 1.54 bits per heavy atom. The van der Waals surface area contributed by atoms with Gasteiger partial charge in [-0.1, -0.05) is 0 Å². The van der Waals surface area contributed by atoms with Crippen LogP contribution in [0.2, 0.25) is 0 Å². The number of thiophene rings is 1. The number of aromatic carboxylic acids is 1. The molecule has 2 rings (SSSR count). The number of hydrogen-bond acceptors (Lipinski definition) is 3. The third kappa shape index (κ3) is 1.57. The van der Waals surface area contributed by atoms with Crippen LogP contribution in [0.1, 0.15) is 10.5 Å². The van der Waals surface area contributed by atoms with E-state index in [1.54, 1.807) is 12.3 Å². The van der Waals surface area contributed by atoms with Crippen LogP contribution >= 0.6 is 27.3 Å².